The van der Waals surface area contributed by atoms with E-state index >= 15 is 0 Å². The van der Waals surface area contributed by atoms with Gasteiger partial charge in [0.1, 0.15) is 5.75 Å². The molecule has 1 rings (SSSR count). The van der Waals surface area contributed by atoms with Gasteiger partial charge in [0.2, 0.25) is 5.91 Å². The maximum absolute atomic E-state index is 11.7. The van der Waals surface area contributed by atoms with Gasteiger partial charge in [0.25, 0.3) is 0 Å². The number of hydrogen-bond donors (Lipinski definition) is 2. The highest BCUT2D eigenvalue weighted by Gasteiger charge is 2.04. The molecule has 0 radical (unpaired) electrons. The first-order chi connectivity index (χ1) is 9.63. The lowest BCUT2D eigenvalue weighted by Gasteiger charge is -2.10. The highest BCUT2D eigenvalue weighted by molar-refractivity contribution is 5.76. The normalized spacial score (nSPS) is 10.6. The van der Waals surface area contributed by atoms with Crippen LogP contribution in [0.25, 0.3) is 0 Å². The molecule has 4 nitrogen and oxygen atoms in total. The van der Waals surface area contributed by atoms with Crippen molar-refractivity contribution in [3.05, 3.63) is 29.8 Å². The van der Waals surface area contributed by atoms with Crippen molar-refractivity contribution in [3.8, 4) is 5.75 Å². The van der Waals surface area contributed by atoms with E-state index in [1.807, 2.05) is 24.3 Å². The van der Waals surface area contributed by atoms with Gasteiger partial charge in [0.15, 0.2) is 0 Å². The van der Waals surface area contributed by atoms with Gasteiger partial charge in [-0.3, -0.25) is 4.79 Å². The Morgan fingerprint density at radius 2 is 2.00 bits per heavy atom. The van der Waals surface area contributed by atoms with Gasteiger partial charge in [0, 0.05) is 25.1 Å². The molecule has 0 aliphatic carbocycles. The molecule has 112 valence electrons. The Balaban J connectivity index is 2.19. The number of carbonyl (C=O) groups excluding carboxylic acids is 1. The highest BCUT2D eigenvalue weighted by atomic mass is 16.5. The van der Waals surface area contributed by atoms with Crippen LogP contribution in [0.2, 0.25) is 0 Å². The molecule has 0 heterocycles. The van der Waals surface area contributed by atoms with Crippen LogP contribution in [0, 0.1) is 5.92 Å². The van der Waals surface area contributed by atoms with Crippen LogP contribution in [0.4, 0.5) is 0 Å². The van der Waals surface area contributed by atoms with Crippen LogP contribution in [-0.4, -0.2) is 26.1 Å². The molecule has 0 spiro atoms. The van der Waals surface area contributed by atoms with Gasteiger partial charge >= 0.3 is 0 Å². The average Bonchev–Trinajstić information content (AvgIpc) is 2.44. The van der Waals surface area contributed by atoms with E-state index in [1.165, 1.54) is 0 Å². The van der Waals surface area contributed by atoms with Crippen molar-refractivity contribution in [2.24, 2.45) is 5.92 Å². The number of rotatable bonds is 9. The minimum atomic E-state index is 0.0629. The van der Waals surface area contributed by atoms with Crippen LogP contribution in [0.3, 0.4) is 0 Å². The van der Waals surface area contributed by atoms with E-state index < -0.39 is 0 Å². The van der Waals surface area contributed by atoms with E-state index in [9.17, 15) is 4.79 Å². The van der Waals surface area contributed by atoms with E-state index in [0.717, 1.165) is 30.8 Å². The van der Waals surface area contributed by atoms with Gasteiger partial charge in [-0.05, 0) is 24.9 Å². The van der Waals surface area contributed by atoms with Crippen molar-refractivity contribution in [2.45, 2.75) is 33.2 Å². The van der Waals surface area contributed by atoms with E-state index in [0.29, 0.717) is 18.9 Å². The first-order valence-electron chi connectivity index (χ1n) is 7.22. The Morgan fingerprint density at radius 1 is 1.25 bits per heavy atom. The van der Waals surface area contributed by atoms with Gasteiger partial charge in [0.05, 0.1) is 7.11 Å². The zero-order valence-electron chi connectivity index (χ0n) is 12.7. The quantitative estimate of drug-likeness (QED) is 0.682. The molecule has 0 aliphatic heterocycles. The van der Waals surface area contributed by atoms with Crippen molar-refractivity contribution >= 4 is 5.91 Å². The summed E-state index contributed by atoms with van der Waals surface area (Å²) >= 11 is 0. The fourth-order valence-electron chi connectivity index (χ4n) is 1.85. The van der Waals surface area contributed by atoms with Crippen LogP contribution in [0.1, 0.15) is 32.3 Å². The number of methoxy groups -OCH3 is 1. The summed E-state index contributed by atoms with van der Waals surface area (Å²) in [7, 11) is 1.64. The van der Waals surface area contributed by atoms with Gasteiger partial charge in [-0.2, -0.15) is 0 Å². The Labute approximate surface area is 121 Å². The summed E-state index contributed by atoms with van der Waals surface area (Å²) in [5, 5.41) is 6.20. The molecule has 0 atom stereocenters. The van der Waals surface area contributed by atoms with Crippen LogP contribution < -0.4 is 15.4 Å². The molecule has 4 heteroatoms. The predicted molar refractivity (Wildman–Crippen MR) is 81.8 cm³/mol. The Morgan fingerprint density at radius 3 is 2.70 bits per heavy atom. The second kappa shape index (κ2) is 9.37. The molecule has 2 N–H and O–H groups in total. The van der Waals surface area contributed by atoms with Gasteiger partial charge < -0.3 is 15.4 Å². The summed E-state index contributed by atoms with van der Waals surface area (Å²) in [6.07, 6.45) is 1.65. The number of benzene rings is 1. The summed E-state index contributed by atoms with van der Waals surface area (Å²) < 4.78 is 5.25. The van der Waals surface area contributed by atoms with Crippen molar-refractivity contribution < 1.29 is 9.53 Å². The zero-order chi connectivity index (χ0) is 14.8. The number of nitrogens with one attached hydrogen (secondary N) is 2. The second-order valence-corrected chi connectivity index (χ2v) is 5.27. The Kier molecular flexibility index (Phi) is 7.73. The molecular formula is C16H26N2O2. The Bertz CT molecular complexity index is 405. The number of para-hydroxylation sites is 1. The van der Waals surface area contributed by atoms with Crippen molar-refractivity contribution in [2.75, 3.05) is 20.2 Å². The van der Waals surface area contributed by atoms with Gasteiger partial charge in [-0.15, -0.1) is 0 Å². The van der Waals surface area contributed by atoms with Crippen LogP contribution in [0.15, 0.2) is 24.3 Å². The van der Waals surface area contributed by atoms with E-state index in [2.05, 4.69) is 24.5 Å². The zero-order valence-corrected chi connectivity index (χ0v) is 12.7. The standard InChI is InChI=1S/C16H26N2O2/c1-13(2)8-10-17-11-9-16(19)18-12-14-6-4-5-7-15(14)20-3/h4-7,13,17H,8-12H2,1-3H3,(H,18,19). The van der Waals surface area contributed by atoms with E-state index in [4.69, 9.17) is 4.74 Å². The molecule has 0 saturated heterocycles. The summed E-state index contributed by atoms with van der Waals surface area (Å²) in [6.45, 7) is 6.60. The molecule has 0 saturated carbocycles. The van der Waals surface area contributed by atoms with Crippen LogP contribution in [0.5, 0.6) is 5.75 Å². The third kappa shape index (κ3) is 6.57. The number of hydrogen-bond acceptors (Lipinski definition) is 3. The second-order valence-electron chi connectivity index (χ2n) is 5.27. The van der Waals surface area contributed by atoms with Crippen LogP contribution >= 0.6 is 0 Å². The molecule has 0 unspecified atom stereocenters. The SMILES string of the molecule is COc1ccccc1CNC(=O)CCNCCC(C)C. The van der Waals surface area contributed by atoms with Crippen molar-refractivity contribution in [1.29, 1.82) is 0 Å². The number of carbonyl (C=O) groups is 1. The largest absolute Gasteiger partial charge is 0.496 e. The fraction of sp³-hybridized carbons (Fsp3) is 0.562. The smallest absolute Gasteiger partial charge is 0.221 e. The van der Waals surface area contributed by atoms with Crippen molar-refractivity contribution in [1.82, 2.24) is 10.6 Å². The predicted octanol–water partition coefficient (Wildman–Crippen LogP) is 2.34. The first-order valence-corrected chi connectivity index (χ1v) is 7.22. The van der Waals surface area contributed by atoms with Gasteiger partial charge in [-0.25, -0.2) is 0 Å². The molecule has 0 aliphatic rings. The maximum Gasteiger partial charge on any atom is 0.221 e. The molecule has 1 amide bonds. The summed E-state index contributed by atoms with van der Waals surface area (Å²) in [5.41, 5.74) is 0.996. The molecule has 0 aromatic heterocycles. The monoisotopic (exact) mass is 278 g/mol. The van der Waals surface area contributed by atoms with Crippen LogP contribution in [-0.2, 0) is 11.3 Å². The third-order valence-corrected chi connectivity index (χ3v) is 3.10. The summed E-state index contributed by atoms with van der Waals surface area (Å²) in [5.74, 6) is 1.57. The lowest BCUT2D eigenvalue weighted by Crippen LogP contribution is -2.28. The van der Waals surface area contributed by atoms with Gasteiger partial charge in [-0.1, -0.05) is 32.0 Å². The molecule has 0 fully saturated rings. The summed E-state index contributed by atoms with van der Waals surface area (Å²) in [6, 6.07) is 7.72. The van der Waals surface area contributed by atoms with E-state index in [-0.39, 0.29) is 5.91 Å². The number of ether oxygens (including phenoxy) is 1. The molecule has 0 bridgehead atoms. The number of amides is 1. The minimum absolute atomic E-state index is 0.0629. The fourth-order valence-corrected chi connectivity index (χ4v) is 1.85. The lowest BCUT2D eigenvalue weighted by molar-refractivity contribution is -0.121. The molecule has 1 aromatic carbocycles. The Hall–Kier alpha value is -1.55. The molecule has 20 heavy (non-hydrogen) atoms. The molecule has 1 aromatic rings. The van der Waals surface area contributed by atoms with Crippen molar-refractivity contribution in [3.63, 3.8) is 0 Å². The maximum atomic E-state index is 11.7. The lowest BCUT2D eigenvalue weighted by atomic mass is 10.1. The minimum Gasteiger partial charge on any atom is -0.496 e. The highest BCUT2D eigenvalue weighted by Crippen LogP contribution is 2.16. The molecular weight excluding hydrogens is 252 g/mol. The third-order valence-electron chi connectivity index (χ3n) is 3.10. The first kappa shape index (κ1) is 16.5. The average molecular weight is 278 g/mol. The topological polar surface area (TPSA) is 50.4 Å². The van der Waals surface area contributed by atoms with E-state index in [1.54, 1.807) is 7.11 Å². The summed E-state index contributed by atoms with van der Waals surface area (Å²) in [4.78, 5) is 11.7.